The number of furan rings is 1. The van der Waals surface area contributed by atoms with Crippen LogP contribution >= 0.6 is 15.9 Å². The SMILES string of the molecule is CC(C)(C)c1cc(OC(=O)c2ccc(Br)o2)ccc1O. The van der Waals surface area contributed by atoms with Crippen LogP contribution < -0.4 is 4.74 Å². The van der Waals surface area contributed by atoms with Crippen LogP contribution in [-0.2, 0) is 5.41 Å². The third-order valence-electron chi connectivity index (χ3n) is 2.76. The van der Waals surface area contributed by atoms with Gasteiger partial charge in [-0.3, -0.25) is 0 Å². The second-order valence-corrected chi connectivity index (χ2v) is 6.20. The van der Waals surface area contributed by atoms with Gasteiger partial charge in [0.2, 0.25) is 5.76 Å². The number of aromatic hydroxyl groups is 1. The summed E-state index contributed by atoms with van der Waals surface area (Å²) in [6.45, 7) is 5.91. The minimum Gasteiger partial charge on any atom is -0.508 e. The number of phenolic OH excluding ortho intramolecular Hbond substituents is 1. The highest BCUT2D eigenvalue weighted by atomic mass is 79.9. The Morgan fingerprint density at radius 1 is 1.25 bits per heavy atom. The fraction of sp³-hybridized carbons (Fsp3) is 0.267. The lowest BCUT2D eigenvalue weighted by atomic mass is 9.86. The van der Waals surface area contributed by atoms with E-state index in [2.05, 4.69) is 15.9 Å². The third kappa shape index (κ3) is 3.22. The van der Waals surface area contributed by atoms with E-state index in [4.69, 9.17) is 9.15 Å². The van der Waals surface area contributed by atoms with E-state index in [1.165, 1.54) is 12.1 Å². The molecule has 0 saturated carbocycles. The van der Waals surface area contributed by atoms with Crippen LogP contribution in [0.5, 0.6) is 11.5 Å². The van der Waals surface area contributed by atoms with Crippen LogP contribution in [-0.4, -0.2) is 11.1 Å². The third-order valence-corrected chi connectivity index (χ3v) is 3.19. The highest BCUT2D eigenvalue weighted by Gasteiger charge is 2.20. The van der Waals surface area contributed by atoms with Gasteiger partial charge in [0.05, 0.1) is 0 Å². The maximum absolute atomic E-state index is 11.9. The molecule has 1 aromatic heterocycles. The normalized spacial score (nSPS) is 11.4. The Bertz CT molecular complexity index is 638. The summed E-state index contributed by atoms with van der Waals surface area (Å²) >= 11 is 3.13. The zero-order valence-corrected chi connectivity index (χ0v) is 13.0. The molecule has 106 valence electrons. The lowest BCUT2D eigenvalue weighted by molar-refractivity contribution is 0.0699. The summed E-state index contributed by atoms with van der Waals surface area (Å²) < 4.78 is 10.8. The number of rotatable bonds is 2. The van der Waals surface area contributed by atoms with Crippen molar-refractivity contribution >= 4 is 21.9 Å². The summed E-state index contributed by atoms with van der Waals surface area (Å²) in [6.07, 6.45) is 0. The van der Waals surface area contributed by atoms with Crippen LogP contribution in [0.25, 0.3) is 0 Å². The van der Waals surface area contributed by atoms with E-state index < -0.39 is 5.97 Å². The van der Waals surface area contributed by atoms with Gasteiger partial charge in [0.15, 0.2) is 4.67 Å². The molecule has 0 fully saturated rings. The Kier molecular flexibility index (Phi) is 3.90. The van der Waals surface area contributed by atoms with Crippen LogP contribution in [0.1, 0.15) is 36.9 Å². The van der Waals surface area contributed by atoms with Crippen molar-refractivity contribution in [3.8, 4) is 11.5 Å². The summed E-state index contributed by atoms with van der Waals surface area (Å²) in [5.41, 5.74) is 0.462. The highest BCUT2D eigenvalue weighted by Crippen LogP contribution is 2.33. The highest BCUT2D eigenvalue weighted by molar-refractivity contribution is 9.10. The van der Waals surface area contributed by atoms with Gasteiger partial charge in [0.1, 0.15) is 11.5 Å². The number of hydrogen-bond acceptors (Lipinski definition) is 4. The first-order valence-electron chi connectivity index (χ1n) is 6.08. The minimum absolute atomic E-state index is 0.113. The van der Waals surface area contributed by atoms with Crippen molar-refractivity contribution < 1.29 is 19.1 Å². The maximum atomic E-state index is 11.9. The molecule has 2 rings (SSSR count). The zero-order valence-electron chi connectivity index (χ0n) is 11.4. The van der Waals surface area contributed by atoms with E-state index in [0.29, 0.717) is 16.0 Å². The van der Waals surface area contributed by atoms with Gasteiger partial charge < -0.3 is 14.3 Å². The number of halogens is 1. The van der Waals surface area contributed by atoms with Gasteiger partial charge in [-0.15, -0.1) is 0 Å². The summed E-state index contributed by atoms with van der Waals surface area (Å²) in [6, 6.07) is 7.86. The number of phenols is 1. The lowest BCUT2D eigenvalue weighted by Crippen LogP contribution is -2.13. The molecule has 0 radical (unpaired) electrons. The van der Waals surface area contributed by atoms with Crippen molar-refractivity contribution in [3.63, 3.8) is 0 Å². The van der Waals surface area contributed by atoms with Gasteiger partial charge in [-0.2, -0.15) is 0 Å². The van der Waals surface area contributed by atoms with Crippen molar-refractivity contribution in [3.05, 3.63) is 46.3 Å². The molecular formula is C15H15BrO4. The van der Waals surface area contributed by atoms with E-state index in [1.54, 1.807) is 18.2 Å². The van der Waals surface area contributed by atoms with E-state index >= 15 is 0 Å². The smallest absolute Gasteiger partial charge is 0.379 e. The van der Waals surface area contributed by atoms with Gasteiger partial charge >= 0.3 is 5.97 Å². The Balaban J connectivity index is 2.24. The molecule has 1 heterocycles. The van der Waals surface area contributed by atoms with Gasteiger partial charge in [-0.05, 0) is 51.7 Å². The molecule has 20 heavy (non-hydrogen) atoms. The van der Waals surface area contributed by atoms with Crippen LogP contribution in [0.3, 0.4) is 0 Å². The van der Waals surface area contributed by atoms with Crippen LogP contribution in [0.15, 0.2) is 39.4 Å². The topological polar surface area (TPSA) is 59.7 Å². The maximum Gasteiger partial charge on any atom is 0.379 e. The molecular weight excluding hydrogens is 324 g/mol. The van der Waals surface area contributed by atoms with E-state index in [0.717, 1.165) is 0 Å². The molecule has 0 amide bonds. The average Bonchev–Trinajstić information content (AvgIpc) is 2.77. The molecule has 5 heteroatoms. The fourth-order valence-electron chi connectivity index (χ4n) is 1.76. The Hall–Kier alpha value is -1.75. The van der Waals surface area contributed by atoms with E-state index in [9.17, 15) is 9.90 Å². The first kappa shape index (κ1) is 14.7. The molecule has 1 N–H and O–H groups in total. The van der Waals surface area contributed by atoms with Crippen molar-refractivity contribution in [1.29, 1.82) is 0 Å². The standard InChI is InChI=1S/C15H15BrO4/c1-15(2,3)10-8-9(4-5-11(10)17)19-14(18)12-6-7-13(16)20-12/h4-8,17H,1-3H3. The molecule has 0 bridgehead atoms. The van der Waals surface area contributed by atoms with E-state index in [-0.39, 0.29) is 16.9 Å². The predicted molar refractivity (Wildman–Crippen MR) is 78.2 cm³/mol. The molecule has 0 aliphatic carbocycles. The predicted octanol–water partition coefficient (Wildman–Crippen LogP) is 4.26. The Labute approximate surface area is 125 Å². The summed E-state index contributed by atoms with van der Waals surface area (Å²) in [5.74, 6) is 0.0757. The Morgan fingerprint density at radius 2 is 1.95 bits per heavy atom. The quantitative estimate of drug-likeness (QED) is 0.656. The lowest BCUT2D eigenvalue weighted by Gasteiger charge is -2.20. The fourth-order valence-corrected chi connectivity index (χ4v) is 2.07. The van der Waals surface area contributed by atoms with E-state index in [1.807, 2.05) is 20.8 Å². The van der Waals surface area contributed by atoms with Crippen LogP contribution in [0.4, 0.5) is 0 Å². The number of carbonyl (C=O) groups is 1. The van der Waals surface area contributed by atoms with Crippen LogP contribution in [0, 0.1) is 0 Å². The van der Waals surface area contributed by atoms with Crippen molar-refractivity contribution in [1.82, 2.24) is 0 Å². The summed E-state index contributed by atoms with van der Waals surface area (Å²) in [4.78, 5) is 11.9. The molecule has 0 aliphatic heterocycles. The molecule has 2 aromatic rings. The monoisotopic (exact) mass is 338 g/mol. The molecule has 0 aliphatic rings. The second-order valence-electron chi connectivity index (χ2n) is 5.42. The van der Waals surface area contributed by atoms with Gasteiger partial charge in [-0.1, -0.05) is 20.8 Å². The first-order valence-corrected chi connectivity index (χ1v) is 6.87. The molecule has 0 saturated heterocycles. The zero-order chi connectivity index (χ0) is 14.9. The number of hydrogen-bond donors (Lipinski definition) is 1. The minimum atomic E-state index is -0.582. The van der Waals surface area contributed by atoms with Crippen molar-refractivity contribution in [2.24, 2.45) is 0 Å². The van der Waals surface area contributed by atoms with Crippen molar-refractivity contribution in [2.75, 3.05) is 0 Å². The number of carbonyl (C=O) groups excluding carboxylic acids is 1. The number of esters is 1. The van der Waals surface area contributed by atoms with Crippen LogP contribution in [0.2, 0.25) is 0 Å². The summed E-state index contributed by atoms with van der Waals surface area (Å²) in [5, 5.41) is 9.86. The largest absolute Gasteiger partial charge is 0.508 e. The Morgan fingerprint density at radius 3 is 2.50 bits per heavy atom. The molecule has 4 nitrogen and oxygen atoms in total. The summed E-state index contributed by atoms with van der Waals surface area (Å²) in [7, 11) is 0. The molecule has 1 aromatic carbocycles. The second kappa shape index (κ2) is 5.32. The molecule has 0 spiro atoms. The van der Waals surface area contributed by atoms with Gasteiger partial charge in [0, 0.05) is 5.56 Å². The first-order chi connectivity index (χ1) is 9.27. The molecule has 0 atom stereocenters. The number of benzene rings is 1. The van der Waals surface area contributed by atoms with Crippen molar-refractivity contribution in [2.45, 2.75) is 26.2 Å². The number of ether oxygens (including phenoxy) is 1. The average molecular weight is 339 g/mol. The van der Waals surface area contributed by atoms with Gasteiger partial charge in [-0.25, -0.2) is 4.79 Å². The molecule has 0 unspecified atom stereocenters. The van der Waals surface area contributed by atoms with Gasteiger partial charge in [0.25, 0.3) is 0 Å².